The lowest BCUT2D eigenvalue weighted by Crippen LogP contribution is -2.53. The molecule has 0 bridgehead atoms. The summed E-state index contributed by atoms with van der Waals surface area (Å²) in [6.45, 7) is 11.3. The maximum atomic E-state index is 12.5. The fourth-order valence-corrected chi connectivity index (χ4v) is 2.68. The molecule has 1 rings (SSSR count). The van der Waals surface area contributed by atoms with Crippen LogP contribution in [-0.4, -0.2) is 41.5 Å². The Labute approximate surface area is 149 Å². The van der Waals surface area contributed by atoms with E-state index >= 15 is 0 Å². The maximum absolute atomic E-state index is 12.5. The van der Waals surface area contributed by atoms with Gasteiger partial charge in [-0.1, -0.05) is 31.2 Å². The van der Waals surface area contributed by atoms with E-state index in [0.29, 0.717) is 12.1 Å². The quantitative estimate of drug-likeness (QED) is 0.242. The molecular formula is C18H29N3O4. The molecule has 0 aromatic rings. The second kappa shape index (κ2) is 9.34. The van der Waals surface area contributed by atoms with Gasteiger partial charge in [0.25, 0.3) is 0 Å². The van der Waals surface area contributed by atoms with Gasteiger partial charge in [-0.3, -0.25) is 9.59 Å². The van der Waals surface area contributed by atoms with E-state index in [4.69, 9.17) is 4.84 Å². The van der Waals surface area contributed by atoms with Crippen LogP contribution in [0.2, 0.25) is 0 Å². The third kappa shape index (κ3) is 7.07. The standard InChI is InChI=1S/C18H29N3O4/c1-6-8-13(21-25-9-7-2)16-14(22)10-12(11-15(16)23)19-17(24)20-18(3,4)5/h7,12,16H,2,6,8-11H2,1,3-5H3,(H2,19,20,24)/b21-13+. The smallest absolute Gasteiger partial charge is 0.315 e. The van der Waals surface area contributed by atoms with Gasteiger partial charge in [-0.15, -0.1) is 0 Å². The zero-order valence-electron chi connectivity index (χ0n) is 15.6. The first kappa shape index (κ1) is 20.9. The van der Waals surface area contributed by atoms with Gasteiger partial charge in [0.2, 0.25) is 0 Å². The van der Waals surface area contributed by atoms with Gasteiger partial charge in [0.1, 0.15) is 12.5 Å². The third-order valence-corrected chi connectivity index (χ3v) is 3.58. The molecule has 7 nitrogen and oxygen atoms in total. The van der Waals surface area contributed by atoms with E-state index in [0.717, 1.165) is 6.42 Å². The van der Waals surface area contributed by atoms with Gasteiger partial charge in [-0.25, -0.2) is 4.79 Å². The minimum Gasteiger partial charge on any atom is -0.392 e. The largest absolute Gasteiger partial charge is 0.392 e. The molecule has 1 aliphatic rings. The second-order valence-electron chi connectivity index (χ2n) is 7.24. The minimum absolute atomic E-state index is 0.109. The number of hydrogen-bond donors (Lipinski definition) is 2. The van der Waals surface area contributed by atoms with Crippen molar-refractivity contribution in [2.75, 3.05) is 6.61 Å². The number of nitrogens with one attached hydrogen (secondary N) is 2. The zero-order valence-corrected chi connectivity index (χ0v) is 15.6. The second-order valence-corrected chi connectivity index (χ2v) is 7.24. The van der Waals surface area contributed by atoms with Crippen LogP contribution in [0.1, 0.15) is 53.4 Å². The number of oxime groups is 1. The van der Waals surface area contributed by atoms with Crippen LogP contribution >= 0.6 is 0 Å². The Hall–Kier alpha value is -2.18. The number of amides is 2. The van der Waals surface area contributed by atoms with Crippen LogP contribution in [0.25, 0.3) is 0 Å². The molecule has 0 saturated heterocycles. The van der Waals surface area contributed by atoms with Crippen LogP contribution in [0.4, 0.5) is 4.79 Å². The van der Waals surface area contributed by atoms with Crippen molar-refractivity contribution >= 4 is 23.3 Å². The van der Waals surface area contributed by atoms with Crippen LogP contribution in [0, 0.1) is 5.92 Å². The predicted octanol–water partition coefficient (Wildman–Crippen LogP) is 2.36. The van der Waals surface area contributed by atoms with Gasteiger partial charge in [-0.2, -0.15) is 0 Å². The van der Waals surface area contributed by atoms with Gasteiger partial charge in [0.05, 0.1) is 5.71 Å². The van der Waals surface area contributed by atoms with Crippen molar-refractivity contribution in [2.24, 2.45) is 11.1 Å². The molecule has 0 atom stereocenters. The van der Waals surface area contributed by atoms with Gasteiger partial charge >= 0.3 is 6.03 Å². The van der Waals surface area contributed by atoms with Crippen molar-refractivity contribution in [2.45, 2.75) is 65.0 Å². The molecule has 0 unspecified atom stereocenters. The fraction of sp³-hybridized carbons (Fsp3) is 0.667. The Kier molecular flexibility index (Phi) is 7.80. The number of urea groups is 1. The number of Topliss-reactive ketones (excluding diaryl/α,β-unsaturated/α-hetero) is 2. The molecule has 1 fully saturated rings. The predicted molar refractivity (Wildman–Crippen MR) is 96.4 cm³/mol. The van der Waals surface area contributed by atoms with Crippen LogP contribution < -0.4 is 10.6 Å². The minimum atomic E-state index is -0.867. The van der Waals surface area contributed by atoms with Crippen LogP contribution in [0.15, 0.2) is 17.8 Å². The number of hydrogen-bond acceptors (Lipinski definition) is 5. The molecule has 2 amide bonds. The van der Waals surface area contributed by atoms with Gasteiger partial charge in [0, 0.05) is 24.4 Å². The lowest BCUT2D eigenvalue weighted by molar-refractivity contribution is -0.133. The Balaban J connectivity index is 2.75. The van der Waals surface area contributed by atoms with E-state index in [1.165, 1.54) is 0 Å². The number of ketones is 2. The van der Waals surface area contributed by atoms with Gasteiger partial charge < -0.3 is 15.5 Å². The van der Waals surface area contributed by atoms with Crippen molar-refractivity contribution in [3.63, 3.8) is 0 Å². The highest BCUT2D eigenvalue weighted by Crippen LogP contribution is 2.22. The lowest BCUT2D eigenvalue weighted by atomic mass is 9.80. The Morgan fingerprint density at radius 2 is 1.92 bits per heavy atom. The summed E-state index contributed by atoms with van der Waals surface area (Å²) in [6, 6.07) is -0.871. The molecule has 1 aliphatic carbocycles. The molecule has 2 N–H and O–H groups in total. The summed E-state index contributed by atoms with van der Waals surface area (Å²) in [4.78, 5) is 42.0. The van der Waals surface area contributed by atoms with E-state index in [9.17, 15) is 14.4 Å². The number of rotatable bonds is 7. The molecule has 7 heteroatoms. The van der Waals surface area contributed by atoms with E-state index < -0.39 is 17.5 Å². The summed E-state index contributed by atoms with van der Waals surface area (Å²) in [5.41, 5.74) is 0.0654. The fourth-order valence-electron chi connectivity index (χ4n) is 2.68. The first-order valence-electron chi connectivity index (χ1n) is 8.61. The van der Waals surface area contributed by atoms with Gasteiger partial charge in [0.15, 0.2) is 11.6 Å². The molecule has 0 aromatic carbocycles. The topological polar surface area (TPSA) is 96.9 Å². The van der Waals surface area contributed by atoms with Crippen LogP contribution in [-0.2, 0) is 14.4 Å². The highest BCUT2D eigenvalue weighted by molar-refractivity contribution is 6.22. The van der Waals surface area contributed by atoms with E-state index in [1.54, 1.807) is 6.08 Å². The zero-order chi connectivity index (χ0) is 19.0. The molecular weight excluding hydrogens is 322 g/mol. The lowest BCUT2D eigenvalue weighted by Gasteiger charge is -2.29. The van der Waals surface area contributed by atoms with E-state index in [2.05, 4.69) is 22.4 Å². The van der Waals surface area contributed by atoms with Crippen molar-refractivity contribution in [1.29, 1.82) is 0 Å². The molecule has 0 heterocycles. The summed E-state index contributed by atoms with van der Waals surface area (Å²) in [5, 5.41) is 9.43. The molecule has 0 aromatic heterocycles. The van der Waals surface area contributed by atoms with E-state index in [1.807, 2.05) is 27.7 Å². The monoisotopic (exact) mass is 351 g/mol. The van der Waals surface area contributed by atoms with Crippen LogP contribution in [0.3, 0.4) is 0 Å². The van der Waals surface area contributed by atoms with E-state index in [-0.39, 0.29) is 37.0 Å². The average molecular weight is 351 g/mol. The number of nitrogens with zero attached hydrogens (tertiary/aromatic N) is 1. The Morgan fingerprint density at radius 1 is 1.32 bits per heavy atom. The van der Waals surface area contributed by atoms with Crippen molar-refractivity contribution in [1.82, 2.24) is 10.6 Å². The molecule has 0 radical (unpaired) electrons. The highest BCUT2D eigenvalue weighted by Gasteiger charge is 2.39. The summed E-state index contributed by atoms with van der Waals surface area (Å²) >= 11 is 0. The summed E-state index contributed by atoms with van der Waals surface area (Å²) < 4.78 is 0. The normalized spacial score (nSPS) is 21.7. The summed E-state index contributed by atoms with van der Waals surface area (Å²) in [6.07, 6.45) is 3.03. The van der Waals surface area contributed by atoms with Crippen LogP contribution in [0.5, 0.6) is 0 Å². The average Bonchev–Trinajstić information content (AvgIpc) is 2.44. The molecule has 25 heavy (non-hydrogen) atoms. The molecule has 1 saturated carbocycles. The molecule has 0 aliphatic heterocycles. The van der Waals surface area contributed by atoms with Gasteiger partial charge in [-0.05, 0) is 27.2 Å². The SMILES string of the molecule is C=CCO/N=C(\CCC)C1C(=O)CC(NC(=O)NC(C)(C)C)CC1=O. The van der Waals surface area contributed by atoms with Crippen molar-refractivity contribution in [3.05, 3.63) is 12.7 Å². The Morgan fingerprint density at radius 3 is 2.40 bits per heavy atom. The Bertz CT molecular complexity index is 531. The number of carbonyl (C=O) groups is 3. The van der Waals surface area contributed by atoms with Crippen molar-refractivity contribution in [3.8, 4) is 0 Å². The van der Waals surface area contributed by atoms with Crippen molar-refractivity contribution < 1.29 is 19.2 Å². The highest BCUT2D eigenvalue weighted by atomic mass is 16.6. The number of carbonyl (C=O) groups excluding carboxylic acids is 3. The summed E-state index contributed by atoms with van der Waals surface area (Å²) in [5.74, 6) is -1.33. The first-order valence-corrected chi connectivity index (χ1v) is 8.61. The third-order valence-electron chi connectivity index (χ3n) is 3.58. The maximum Gasteiger partial charge on any atom is 0.315 e. The molecule has 140 valence electrons. The summed E-state index contributed by atoms with van der Waals surface area (Å²) in [7, 11) is 0. The molecule has 0 spiro atoms. The first-order chi connectivity index (χ1) is 11.7.